The van der Waals surface area contributed by atoms with E-state index in [1.165, 1.54) is 0 Å². The van der Waals surface area contributed by atoms with Crippen molar-refractivity contribution < 1.29 is 10.0 Å². The quantitative estimate of drug-likeness (QED) is 0.638. The molecule has 1 saturated carbocycles. The average Bonchev–Trinajstić information content (AvgIpc) is 2.64. The van der Waals surface area contributed by atoms with Crippen LogP contribution in [0.3, 0.4) is 0 Å². The van der Waals surface area contributed by atoms with Gasteiger partial charge in [0, 0.05) is 20.6 Å². The summed E-state index contributed by atoms with van der Waals surface area (Å²) in [5.74, 6) is 0.947. The van der Waals surface area contributed by atoms with Crippen molar-refractivity contribution in [3.8, 4) is 0 Å². The van der Waals surface area contributed by atoms with Gasteiger partial charge in [-0.1, -0.05) is 6.92 Å². The molecular weight excluding hydrogens is 248 g/mol. The number of hydrogen-bond donors (Lipinski definition) is 1. The second-order valence-corrected chi connectivity index (χ2v) is 5.22. The van der Waals surface area contributed by atoms with Crippen LogP contribution in [0.2, 0.25) is 0 Å². The molecule has 1 aliphatic rings. The third kappa shape index (κ3) is 2.56. The van der Waals surface area contributed by atoms with E-state index in [1.807, 2.05) is 18.9 Å². The van der Waals surface area contributed by atoms with Crippen molar-refractivity contribution in [3.05, 3.63) is 15.8 Å². The first-order chi connectivity index (χ1) is 8.93. The minimum absolute atomic E-state index is 0.104. The Hall–Kier alpha value is -1.63. The van der Waals surface area contributed by atoms with Crippen LogP contribution < -0.4 is 4.90 Å². The highest BCUT2D eigenvalue weighted by Gasteiger charge is 2.32. The van der Waals surface area contributed by atoms with E-state index < -0.39 is 0 Å². The highest BCUT2D eigenvalue weighted by Crippen LogP contribution is 2.34. The lowest BCUT2D eigenvalue weighted by molar-refractivity contribution is -0.384. The van der Waals surface area contributed by atoms with Gasteiger partial charge in [-0.3, -0.25) is 10.1 Å². The lowest BCUT2D eigenvalue weighted by Gasteiger charge is -2.34. The van der Waals surface area contributed by atoms with Crippen molar-refractivity contribution >= 4 is 11.5 Å². The SMILES string of the molecule is CCc1nn(C)c(N(C)CC2CC(O)C2)c1[N+](=O)[O-]. The van der Waals surface area contributed by atoms with Crippen LogP contribution in [0.4, 0.5) is 11.5 Å². The Morgan fingerprint density at radius 3 is 2.68 bits per heavy atom. The molecule has 1 N–H and O–H groups in total. The van der Waals surface area contributed by atoms with Gasteiger partial charge in [-0.15, -0.1) is 0 Å². The monoisotopic (exact) mass is 268 g/mol. The fourth-order valence-electron chi connectivity index (χ4n) is 2.73. The molecule has 1 aliphatic carbocycles. The van der Waals surface area contributed by atoms with Crippen molar-refractivity contribution in [1.82, 2.24) is 9.78 Å². The topological polar surface area (TPSA) is 84.4 Å². The fraction of sp³-hybridized carbons (Fsp3) is 0.750. The number of aliphatic hydroxyl groups excluding tert-OH is 1. The van der Waals surface area contributed by atoms with E-state index >= 15 is 0 Å². The molecule has 0 spiro atoms. The summed E-state index contributed by atoms with van der Waals surface area (Å²) in [6, 6.07) is 0. The third-order valence-electron chi connectivity index (χ3n) is 3.68. The molecule has 7 nitrogen and oxygen atoms in total. The predicted molar refractivity (Wildman–Crippen MR) is 71.2 cm³/mol. The molecule has 1 aromatic rings. The highest BCUT2D eigenvalue weighted by atomic mass is 16.6. The van der Waals surface area contributed by atoms with Crippen molar-refractivity contribution in [3.63, 3.8) is 0 Å². The zero-order chi connectivity index (χ0) is 14.2. The Morgan fingerprint density at radius 1 is 1.58 bits per heavy atom. The largest absolute Gasteiger partial charge is 0.393 e. The molecule has 0 aromatic carbocycles. The van der Waals surface area contributed by atoms with E-state index in [-0.39, 0.29) is 16.7 Å². The second-order valence-electron chi connectivity index (χ2n) is 5.22. The number of rotatable bonds is 5. The van der Waals surface area contributed by atoms with Crippen molar-refractivity contribution in [1.29, 1.82) is 0 Å². The molecule has 106 valence electrons. The van der Waals surface area contributed by atoms with Crippen LogP contribution >= 0.6 is 0 Å². The summed E-state index contributed by atoms with van der Waals surface area (Å²) in [6.07, 6.45) is 1.89. The summed E-state index contributed by atoms with van der Waals surface area (Å²) in [7, 11) is 3.57. The number of aromatic nitrogens is 2. The zero-order valence-electron chi connectivity index (χ0n) is 11.5. The van der Waals surface area contributed by atoms with E-state index in [9.17, 15) is 15.2 Å². The molecule has 0 aliphatic heterocycles. The van der Waals surface area contributed by atoms with Crippen LogP contribution in [0.1, 0.15) is 25.5 Å². The summed E-state index contributed by atoms with van der Waals surface area (Å²) in [5, 5.41) is 24.7. The van der Waals surface area contributed by atoms with E-state index in [1.54, 1.807) is 11.7 Å². The maximum Gasteiger partial charge on any atom is 0.334 e. The number of anilines is 1. The van der Waals surface area contributed by atoms with E-state index in [2.05, 4.69) is 5.10 Å². The smallest absolute Gasteiger partial charge is 0.334 e. The standard InChI is InChI=1S/C12H20N4O3/c1-4-10-11(16(18)19)12(15(3)13-10)14(2)7-8-5-9(17)6-8/h8-9,17H,4-7H2,1-3H3. The molecule has 19 heavy (non-hydrogen) atoms. The number of aryl methyl sites for hydroxylation is 2. The summed E-state index contributed by atoms with van der Waals surface area (Å²) in [4.78, 5) is 12.7. The molecule has 0 bridgehead atoms. The minimum atomic E-state index is -0.354. The van der Waals surface area contributed by atoms with Gasteiger partial charge < -0.3 is 10.0 Å². The Labute approximate surface area is 112 Å². The summed E-state index contributed by atoms with van der Waals surface area (Å²) >= 11 is 0. The zero-order valence-corrected chi connectivity index (χ0v) is 11.5. The Kier molecular flexibility index (Phi) is 3.75. The molecule has 0 saturated heterocycles. The van der Waals surface area contributed by atoms with Gasteiger partial charge in [0.2, 0.25) is 5.82 Å². The predicted octanol–water partition coefficient (Wildman–Crippen LogP) is 1.10. The number of nitro groups is 1. The normalized spacial score (nSPS) is 22.1. The van der Waals surface area contributed by atoms with Gasteiger partial charge in [0.25, 0.3) is 0 Å². The summed E-state index contributed by atoms with van der Waals surface area (Å²) in [5.41, 5.74) is 0.621. The molecule has 0 atom stereocenters. The van der Waals surface area contributed by atoms with E-state index in [4.69, 9.17) is 0 Å². The van der Waals surface area contributed by atoms with Crippen LogP contribution in [0.25, 0.3) is 0 Å². The van der Waals surface area contributed by atoms with Gasteiger partial charge >= 0.3 is 5.69 Å². The van der Waals surface area contributed by atoms with Gasteiger partial charge in [0.1, 0.15) is 5.69 Å². The molecule has 0 amide bonds. The summed E-state index contributed by atoms with van der Waals surface area (Å²) < 4.78 is 1.58. The van der Waals surface area contributed by atoms with Crippen LogP contribution in [0, 0.1) is 16.0 Å². The molecule has 2 rings (SSSR count). The molecule has 1 heterocycles. The Morgan fingerprint density at radius 2 is 2.21 bits per heavy atom. The number of aliphatic hydroxyl groups is 1. The Balaban J connectivity index is 2.22. The number of hydrogen-bond acceptors (Lipinski definition) is 5. The van der Waals surface area contributed by atoms with Crippen molar-refractivity contribution in [2.24, 2.45) is 13.0 Å². The molecule has 1 aromatic heterocycles. The Bertz CT molecular complexity index is 480. The van der Waals surface area contributed by atoms with E-state index in [0.29, 0.717) is 30.4 Å². The maximum atomic E-state index is 11.2. The fourth-order valence-corrected chi connectivity index (χ4v) is 2.73. The second kappa shape index (κ2) is 5.16. The first-order valence-electron chi connectivity index (χ1n) is 6.53. The lowest BCUT2D eigenvalue weighted by Crippen LogP contribution is -2.37. The van der Waals surface area contributed by atoms with Crippen LogP contribution in [-0.4, -0.2) is 39.5 Å². The van der Waals surface area contributed by atoms with Crippen LogP contribution in [0.5, 0.6) is 0 Å². The maximum absolute atomic E-state index is 11.2. The molecule has 1 fully saturated rings. The van der Waals surface area contributed by atoms with Crippen molar-refractivity contribution in [2.45, 2.75) is 32.3 Å². The number of nitrogens with zero attached hydrogens (tertiary/aromatic N) is 4. The van der Waals surface area contributed by atoms with Gasteiger partial charge in [-0.2, -0.15) is 5.10 Å². The van der Waals surface area contributed by atoms with Gasteiger partial charge in [-0.25, -0.2) is 4.68 Å². The van der Waals surface area contributed by atoms with E-state index in [0.717, 1.165) is 12.8 Å². The van der Waals surface area contributed by atoms with Crippen LogP contribution in [0.15, 0.2) is 0 Å². The van der Waals surface area contributed by atoms with Crippen LogP contribution in [-0.2, 0) is 13.5 Å². The molecular formula is C12H20N4O3. The van der Waals surface area contributed by atoms with Gasteiger partial charge in [0.05, 0.1) is 11.0 Å². The highest BCUT2D eigenvalue weighted by molar-refractivity contribution is 5.61. The van der Waals surface area contributed by atoms with Gasteiger partial charge in [-0.05, 0) is 25.2 Å². The van der Waals surface area contributed by atoms with Gasteiger partial charge in [0.15, 0.2) is 0 Å². The minimum Gasteiger partial charge on any atom is -0.393 e. The third-order valence-corrected chi connectivity index (χ3v) is 3.68. The first kappa shape index (κ1) is 13.8. The molecule has 0 radical (unpaired) electrons. The average molecular weight is 268 g/mol. The molecule has 0 unspecified atom stereocenters. The first-order valence-corrected chi connectivity index (χ1v) is 6.53. The van der Waals surface area contributed by atoms with Crippen molar-refractivity contribution in [2.75, 3.05) is 18.5 Å². The summed E-state index contributed by atoms with van der Waals surface area (Å²) in [6.45, 7) is 2.57. The molecule has 7 heteroatoms. The lowest BCUT2D eigenvalue weighted by atomic mass is 9.82.